The maximum absolute atomic E-state index is 10.4. The summed E-state index contributed by atoms with van der Waals surface area (Å²) in [6.07, 6.45) is 6.80. The maximum atomic E-state index is 10.4. The van der Waals surface area contributed by atoms with Gasteiger partial charge in [-0.2, -0.15) is 0 Å². The molecule has 2 aliphatic rings. The lowest BCUT2D eigenvalue weighted by Crippen LogP contribution is -2.24. The average molecular weight is 260 g/mol. The molecule has 1 aromatic rings. The molecule has 0 amide bonds. The molecule has 1 atom stereocenters. The Morgan fingerprint density at radius 1 is 1.32 bits per heavy atom. The molecule has 1 heterocycles. The number of ether oxygens (including phenoxy) is 1. The van der Waals surface area contributed by atoms with Crippen LogP contribution < -0.4 is 4.74 Å². The first-order chi connectivity index (χ1) is 9.03. The zero-order chi connectivity index (χ0) is 13.5. The maximum Gasteiger partial charge on any atom is 0.123 e. The van der Waals surface area contributed by atoms with E-state index in [1.807, 2.05) is 12.1 Å². The van der Waals surface area contributed by atoms with Gasteiger partial charge in [0.25, 0.3) is 0 Å². The van der Waals surface area contributed by atoms with Crippen molar-refractivity contribution < 1.29 is 9.84 Å². The minimum Gasteiger partial charge on any atom is -0.487 e. The van der Waals surface area contributed by atoms with Crippen molar-refractivity contribution >= 4 is 0 Å². The Labute approximate surface area is 115 Å². The van der Waals surface area contributed by atoms with Crippen LogP contribution in [0, 0.1) is 5.92 Å². The third kappa shape index (κ3) is 2.79. The van der Waals surface area contributed by atoms with Gasteiger partial charge in [-0.15, -0.1) is 0 Å². The number of hydrogen-bond donors (Lipinski definition) is 1. The molecule has 0 radical (unpaired) electrons. The van der Waals surface area contributed by atoms with Gasteiger partial charge < -0.3 is 9.84 Å². The van der Waals surface area contributed by atoms with Crippen LogP contribution in [0.15, 0.2) is 18.2 Å². The van der Waals surface area contributed by atoms with Gasteiger partial charge in [0, 0.05) is 6.42 Å². The van der Waals surface area contributed by atoms with Crippen molar-refractivity contribution in [3.05, 3.63) is 29.3 Å². The molecule has 3 rings (SSSR count). The van der Waals surface area contributed by atoms with E-state index in [0.29, 0.717) is 0 Å². The fraction of sp³-hybridized carbons (Fsp3) is 0.647. The molecular formula is C17H24O2. The zero-order valence-electron chi connectivity index (χ0n) is 12.0. The molecule has 0 saturated heterocycles. The summed E-state index contributed by atoms with van der Waals surface area (Å²) < 4.78 is 5.88. The number of hydrogen-bond acceptors (Lipinski definition) is 2. The van der Waals surface area contributed by atoms with E-state index in [1.54, 1.807) is 0 Å². The van der Waals surface area contributed by atoms with Crippen molar-refractivity contribution in [3.8, 4) is 5.75 Å². The largest absolute Gasteiger partial charge is 0.487 e. The van der Waals surface area contributed by atoms with Crippen molar-refractivity contribution in [2.75, 3.05) is 0 Å². The summed E-state index contributed by atoms with van der Waals surface area (Å²) in [6, 6.07) is 6.20. The van der Waals surface area contributed by atoms with E-state index >= 15 is 0 Å². The van der Waals surface area contributed by atoms with Gasteiger partial charge in [0.1, 0.15) is 11.4 Å². The van der Waals surface area contributed by atoms with E-state index in [-0.39, 0.29) is 11.7 Å². The summed E-state index contributed by atoms with van der Waals surface area (Å²) in [7, 11) is 0. The molecule has 0 bridgehead atoms. The van der Waals surface area contributed by atoms with Gasteiger partial charge in [0.05, 0.1) is 6.10 Å². The minimum absolute atomic E-state index is 0.0998. The molecule has 1 aliphatic heterocycles. The van der Waals surface area contributed by atoms with Crippen LogP contribution in [0.3, 0.4) is 0 Å². The third-order valence-corrected chi connectivity index (χ3v) is 4.50. The van der Waals surface area contributed by atoms with E-state index in [1.165, 1.54) is 31.2 Å². The number of fused-ring (bicyclic) bond motifs is 1. The molecular weight excluding hydrogens is 236 g/mol. The van der Waals surface area contributed by atoms with E-state index in [9.17, 15) is 5.11 Å². The summed E-state index contributed by atoms with van der Waals surface area (Å²) in [4.78, 5) is 0. The first-order valence-electron chi connectivity index (χ1n) is 7.53. The minimum atomic E-state index is -0.308. The van der Waals surface area contributed by atoms with Crippen molar-refractivity contribution in [1.82, 2.24) is 0 Å². The van der Waals surface area contributed by atoms with Crippen LogP contribution in [-0.2, 0) is 6.42 Å². The summed E-state index contributed by atoms with van der Waals surface area (Å²) >= 11 is 0. The van der Waals surface area contributed by atoms with Crippen LogP contribution in [0.4, 0.5) is 0 Å². The zero-order valence-corrected chi connectivity index (χ0v) is 12.0. The van der Waals surface area contributed by atoms with Crippen molar-refractivity contribution in [2.24, 2.45) is 5.92 Å². The number of rotatable bonds is 3. The highest BCUT2D eigenvalue weighted by Gasteiger charge is 2.30. The van der Waals surface area contributed by atoms with Crippen LogP contribution in [0.25, 0.3) is 0 Å². The predicted molar refractivity (Wildman–Crippen MR) is 76.4 cm³/mol. The Bertz CT molecular complexity index is 458. The van der Waals surface area contributed by atoms with Crippen LogP contribution in [0.2, 0.25) is 0 Å². The molecule has 1 fully saturated rings. The Morgan fingerprint density at radius 2 is 2.05 bits per heavy atom. The molecule has 1 saturated carbocycles. The molecule has 2 heteroatoms. The highest BCUT2D eigenvalue weighted by atomic mass is 16.5. The molecule has 1 N–H and O–H groups in total. The molecule has 1 aromatic carbocycles. The predicted octanol–water partition coefficient (Wildman–Crippen LogP) is 4.01. The average Bonchev–Trinajstić information content (AvgIpc) is 2.93. The fourth-order valence-corrected chi connectivity index (χ4v) is 3.53. The Morgan fingerprint density at radius 3 is 2.79 bits per heavy atom. The van der Waals surface area contributed by atoms with Gasteiger partial charge in [-0.25, -0.2) is 0 Å². The SMILES string of the molecule is CC1(C)Cc2cc(C(O)CC3CCCC3)ccc2O1. The lowest BCUT2D eigenvalue weighted by molar-refractivity contribution is 0.138. The Hall–Kier alpha value is -1.02. The second-order valence-corrected chi connectivity index (χ2v) is 6.81. The molecule has 1 unspecified atom stereocenters. The standard InChI is InChI=1S/C17H24O2/c1-17(2)11-14-10-13(7-8-16(14)19-17)15(18)9-12-5-3-4-6-12/h7-8,10,12,15,18H,3-6,9,11H2,1-2H3. The summed E-state index contributed by atoms with van der Waals surface area (Å²) in [5, 5.41) is 10.4. The molecule has 2 nitrogen and oxygen atoms in total. The lowest BCUT2D eigenvalue weighted by Gasteiger charge is -2.16. The van der Waals surface area contributed by atoms with E-state index in [4.69, 9.17) is 4.74 Å². The molecule has 0 aromatic heterocycles. The lowest BCUT2D eigenvalue weighted by atomic mass is 9.93. The van der Waals surface area contributed by atoms with E-state index < -0.39 is 0 Å². The number of benzene rings is 1. The fourth-order valence-electron chi connectivity index (χ4n) is 3.53. The third-order valence-electron chi connectivity index (χ3n) is 4.50. The Kier molecular flexibility index (Phi) is 3.30. The van der Waals surface area contributed by atoms with Gasteiger partial charge in [-0.1, -0.05) is 31.7 Å². The quantitative estimate of drug-likeness (QED) is 0.889. The molecule has 19 heavy (non-hydrogen) atoms. The van der Waals surface area contributed by atoms with Crippen molar-refractivity contribution in [1.29, 1.82) is 0 Å². The smallest absolute Gasteiger partial charge is 0.123 e. The molecule has 0 spiro atoms. The van der Waals surface area contributed by atoms with Crippen LogP contribution in [-0.4, -0.2) is 10.7 Å². The van der Waals surface area contributed by atoms with Gasteiger partial charge >= 0.3 is 0 Å². The van der Waals surface area contributed by atoms with Crippen LogP contribution in [0.5, 0.6) is 5.75 Å². The first kappa shape index (κ1) is 13.0. The van der Waals surface area contributed by atoms with Crippen molar-refractivity contribution in [3.63, 3.8) is 0 Å². The number of aliphatic hydroxyl groups is 1. The van der Waals surface area contributed by atoms with Gasteiger partial charge in [0.2, 0.25) is 0 Å². The van der Waals surface area contributed by atoms with Gasteiger partial charge in [-0.3, -0.25) is 0 Å². The monoisotopic (exact) mass is 260 g/mol. The van der Waals surface area contributed by atoms with E-state index in [2.05, 4.69) is 19.9 Å². The number of aliphatic hydroxyl groups excluding tert-OH is 1. The summed E-state index contributed by atoms with van der Waals surface area (Å²) in [5.74, 6) is 1.71. The second kappa shape index (κ2) is 4.82. The summed E-state index contributed by atoms with van der Waals surface area (Å²) in [6.45, 7) is 4.23. The summed E-state index contributed by atoms with van der Waals surface area (Å²) in [5.41, 5.74) is 2.21. The Balaban J connectivity index is 1.72. The highest BCUT2D eigenvalue weighted by molar-refractivity contribution is 5.42. The molecule has 104 valence electrons. The second-order valence-electron chi connectivity index (χ2n) is 6.81. The first-order valence-corrected chi connectivity index (χ1v) is 7.53. The van der Waals surface area contributed by atoms with Gasteiger partial charge in [-0.05, 0) is 49.4 Å². The highest BCUT2D eigenvalue weighted by Crippen LogP contribution is 2.38. The van der Waals surface area contributed by atoms with Crippen LogP contribution >= 0.6 is 0 Å². The molecule has 1 aliphatic carbocycles. The van der Waals surface area contributed by atoms with Crippen molar-refractivity contribution in [2.45, 2.75) is 64.1 Å². The van der Waals surface area contributed by atoms with Crippen LogP contribution in [0.1, 0.15) is 63.2 Å². The normalized spacial score (nSPS) is 23.1. The van der Waals surface area contributed by atoms with Gasteiger partial charge in [0.15, 0.2) is 0 Å². The topological polar surface area (TPSA) is 29.5 Å². The van der Waals surface area contributed by atoms with E-state index in [0.717, 1.165) is 30.1 Å².